The Kier molecular flexibility index (Phi) is 5.97. The van der Waals surface area contributed by atoms with Crippen LogP contribution in [0.15, 0.2) is 59.7 Å². The summed E-state index contributed by atoms with van der Waals surface area (Å²) in [6.07, 6.45) is -4.05. The van der Waals surface area contributed by atoms with Gasteiger partial charge in [-0.3, -0.25) is 4.79 Å². The van der Waals surface area contributed by atoms with Crippen molar-refractivity contribution in [2.24, 2.45) is 0 Å². The smallest absolute Gasteiger partial charge is 0.420 e. The third-order valence-electron chi connectivity index (χ3n) is 5.02. The maximum Gasteiger partial charge on any atom is 0.420 e. The highest BCUT2D eigenvalue weighted by Crippen LogP contribution is 2.40. The van der Waals surface area contributed by atoms with Crippen molar-refractivity contribution in [3.63, 3.8) is 0 Å². The molecule has 0 spiro atoms. The second kappa shape index (κ2) is 8.78. The van der Waals surface area contributed by atoms with E-state index in [1.54, 1.807) is 0 Å². The van der Waals surface area contributed by atoms with Crippen LogP contribution in [0.5, 0.6) is 11.5 Å². The van der Waals surface area contributed by atoms with Gasteiger partial charge in [-0.1, -0.05) is 6.07 Å². The number of carboxylic acids is 1. The molecule has 0 amide bonds. The molecule has 180 valence electrons. The first-order valence-corrected chi connectivity index (χ1v) is 9.69. The third kappa shape index (κ3) is 4.67. The number of rotatable bonds is 5. The summed E-state index contributed by atoms with van der Waals surface area (Å²) in [4.78, 5) is 27.2. The first-order valence-electron chi connectivity index (χ1n) is 9.69. The molecule has 0 saturated heterocycles. The molecule has 1 heterocycles. The summed E-state index contributed by atoms with van der Waals surface area (Å²) < 4.78 is 88.5. The number of benzene rings is 3. The minimum absolute atomic E-state index is 0.107. The highest BCUT2D eigenvalue weighted by atomic mass is 19.4. The van der Waals surface area contributed by atoms with Gasteiger partial charge in [0.15, 0.2) is 0 Å². The quantitative estimate of drug-likeness (QED) is 0.378. The third-order valence-corrected chi connectivity index (χ3v) is 5.02. The van der Waals surface area contributed by atoms with Gasteiger partial charge in [0.1, 0.15) is 34.5 Å². The molecule has 0 bridgehead atoms. The van der Waals surface area contributed by atoms with E-state index in [1.165, 1.54) is 16.7 Å². The highest BCUT2D eigenvalue weighted by molar-refractivity contribution is 5.90. The topological polar surface area (TPSA) is 81.4 Å². The van der Waals surface area contributed by atoms with E-state index in [0.29, 0.717) is 12.1 Å². The number of fused-ring (bicyclic) bond motifs is 1. The molecule has 4 rings (SSSR count). The van der Waals surface area contributed by atoms with Crippen LogP contribution in [-0.2, 0) is 12.7 Å². The van der Waals surface area contributed by atoms with Gasteiger partial charge in [0.05, 0.1) is 29.3 Å². The summed E-state index contributed by atoms with van der Waals surface area (Å²) in [5, 5.41) is 8.96. The molecule has 35 heavy (non-hydrogen) atoms. The van der Waals surface area contributed by atoms with Crippen LogP contribution >= 0.6 is 0 Å². The van der Waals surface area contributed by atoms with Gasteiger partial charge in [-0.15, -0.1) is 0 Å². The SMILES string of the molecule is O=C(O)c1cccc(Oc2ccc3c(c2)c(=O)ncn3Cc2c(F)cc(F)cc2F)c1C(F)(F)F. The number of aromatic nitrogens is 2. The Morgan fingerprint density at radius 2 is 1.71 bits per heavy atom. The second-order valence-electron chi connectivity index (χ2n) is 7.29. The zero-order valence-corrected chi connectivity index (χ0v) is 17.2. The Morgan fingerprint density at radius 3 is 2.34 bits per heavy atom. The molecule has 3 aromatic carbocycles. The summed E-state index contributed by atoms with van der Waals surface area (Å²) in [6.45, 7) is -0.471. The van der Waals surface area contributed by atoms with Crippen LogP contribution in [0, 0.1) is 17.5 Å². The molecule has 0 unspecified atom stereocenters. The Morgan fingerprint density at radius 1 is 1.03 bits per heavy atom. The van der Waals surface area contributed by atoms with Crippen molar-refractivity contribution >= 4 is 16.9 Å². The largest absolute Gasteiger partial charge is 0.478 e. The first kappa shape index (κ1) is 23.8. The molecule has 0 aliphatic heterocycles. The molecule has 1 N–H and O–H groups in total. The Balaban J connectivity index is 1.78. The van der Waals surface area contributed by atoms with Crippen molar-refractivity contribution in [1.82, 2.24) is 9.55 Å². The van der Waals surface area contributed by atoms with Crippen LogP contribution in [0.1, 0.15) is 21.5 Å². The minimum atomic E-state index is -5.06. The summed E-state index contributed by atoms with van der Waals surface area (Å²) in [5.41, 5.74) is -3.74. The monoisotopic (exact) mass is 494 g/mol. The zero-order chi connectivity index (χ0) is 25.5. The lowest BCUT2D eigenvalue weighted by molar-refractivity contribution is -0.139. The van der Waals surface area contributed by atoms with Gasteiger partial charge in [-0.2, -0.15) is 18.2 Å². The Hall–Kier alpha value is -4.35. The molecule has 0 atom stereocenters. The molecule has 0 aliphatic carbocycles. The van der Waals surface area contributed by atoms with Gasteiger partial charge in [0.2, 0.25) is 0 Å². The van der Waals surface area contributed by atoms with Crippen LogP contribution in [0.3, 0.4) is 0 Å². The van der Waals surface area contributed by atoms with E-state index >= 15 is 0 Å². The maximum absolute atomic E-state index is 14.1. The number of nitrogens with zero attached hydrogens (tertiary/aromatic N) is 2. The maximum atomic E-state index is 14.1. The van der Waals surface area contributed by atoms with Crippen molar-refractivity contribution in [2.75, 3.05) is 0 Å². The number of carbonyl (C=O) groups is 1. The fourth-order valence-corrected chi connectivity index (χ4v) is 3.49. The molecule has 0 aliphatic rings. The number of aromatic carboxylic acids is 1. The van der Waals surface area contributed by atoms with Gasteiger partial charge in [0.25, 0.3) is 5.56 Å². The van der Waals surface area contributed by atoms with Gasteiger partial charge in [0, 0.05) is 17.7 Å². The van der Waals surface area contributed by atoms with E-state index in [1.807, 2.05) is 0 Å². The number of alkyl halides is 3. The predicted molar refractivity (Wildman–Crippen MR) is 110 cm³/mol. The van der Waals surface area contributed by atoms with Crippen LogP contribution < -0.4 is 10.3 Å². The van der Waals surface area contributed by atoms with Gasteiger partial charge < -0.3 is 14.4 Å². The summed E-state index contributed by atoms with van der Waals surface area (Å²) in [5.74, 6) is -6.30. The molecule has 12 heteroatoms. The number of halogens is 6. The fraction of sp³-hybridized carbons (Fsp3) is 0.0870. The van der Waals surface area contributed by atoms with Crippen molar-refractivity contribution in [1.29, 1.82) is 0 Å². The van der Waals surface area contributed by atoms with Crippen LogP contribution in [0.2, 0.25) is 0 Å². The number of hydrogen-bond donors (Lipinski definition) is 1. The molecule has 0 radical (unpaired) electrons. The minimum Gasteiger partial charge on any atom is -0.478 e. The van der Waals surface area contributed by atoms with E-state index in [4.69, 9.17) is 9.84 Å². The standard InChI is InChI=1S/C23H12F6N2O4/c24-11-6-16(25)15(17(26)7-11)9-31-10-30-21(32)14-8-12(4-5-18(14)31)35-19-3-1-2-13(22(33)34)20(19)23(27,28)29/h1-8,10H,9H2,(H,33,34). The lowest BCUT2D eigenvalue weighted by atomic mass is 10.1. The van der Waals surface area contributed by atoms with Gasteiger partial charge >= 0.3 is 12.1 Å². The normalized spacial score (nSPS) is 11.6. The van der Waals surface area contributed by atoms with E-state index in [9.17, 15) is 35.9 Å². The summed E-state index contributed by atoms with van der Waals surface area (Å²) >= 11 is 0. The average molecular weight is 494 g/mol. The predicted octanol–water partition coefficient (Wildman–Crippen LogP) is 5.37. The van der Waals surface area contributed by atoms with Crippen LogP contribution in [-0.4, -0.2) is 20.6 Å². The second-order valence-corrected chi connectivity index (χ2v) is 7.29. The molecule has 4 aromatic rings. The van der Waals surface area contributed by atoms with E-state index < -0.39 is 64.1 Å². The van der Waals surface area contributed by atoms with E-state index in [0.717, 1.165) is 30.6 Å². The molecule has 0 fully saturated rings. The first-order chi connectivity index (χ1) is 16.5. The molecule has 1 aromatic heterocycles. The fourth-order valence-electron chi connectivity index (χ4n) is 3.49. The van der Waals surface area contributed by atoms with E-state index in [-0.39, 0.29) is 16.7 Å². The van der Waals surface area contributed by atoms with Crippen molar-refractivity contribution in [2.45, 2.75) is 12.7 Å². The van der Waals surface area contributed by atoms with Crippen molar-refractivity contribution < 1.29 is 41.0 Å². The van der Waals surface area contributed by atoms with Crippen LogP contribution in [0.4, 0.5) is 26.3 Å². The van der Waals surface area contributed by atoms with E-state index in [2.05, 4.69) is 4.98 Å². The summed E-state index contributed by atoms with van der Waals surface area (Å²) in [7, 11) is 0. The number of hydrogen-bond acceptors (Lipinski definition) is 4. The average Bonchev–Trinajstić information content (AvgIpc) is 2.77. The lowest BCUT2D eigenvalue weighted by Gasteiger charge is -2.16. The highest BCUT2D eigenvalue weighted by Gasteiger charge is 2.39. The lowest BCUT2D eigenvalue weighted by Crippen LogP contribution is -2.15. The van der Waals surface area contributed by atoms with Crippen molar-refractivity contribution in [3.8, 4) is 11.5 Å². The van der Waals surface area contributed by atoms with Gasteiger partial charge in [-0.05, 0) is 30.3 Å². The van der Waals surface area contributed by atoms with Gasteiger partial charge in [-0.25, -0.2) is 18.0 Å². The zero-order valence-electron chi connectivity index (χ0n) is 17.2. The number of ether oxygens (including phenoxy) is 1. The molecular formula is C23H12F6N2O4. The van der Waals surface area contributed by atoms with Crippen molar-refractivity contribution in [3.05, 3.63) is 99.4 Å². The number of carboxylic acid groups (broad SMARTS) is 1. The molecule has 6 nitrogen and oxygen atoms in total. The van der Waals surface area contributed by atoms with Crippen LogP contribution in [0.25, 0.3) is 10.9 Å². The Bertz CT molecular complexity index is 1510. The molecular weight excluding hydrogens is 482 g/mol. The Labute approximate surface area is 191 Å². The molecule has 0 saturated carbocycles. The summed E-state index contributed by atoms with van der Waals surface area (Å²) in [6, 6.07) is 7.24.